The van der Waals surface area contributed by atoms with E-state index in [1.165, 1.54) is 17.4 Å². The molecule has 0 saturated carbocycles. The van der Waals surface area contributed by atoms with Gasteiger partial charge < -0.3 is 9.84 Å². The fraction of sp³-hybridized carbons (Fsp3) is 0.167. The largest absolute Gasteiger partial charge is 0.434 e. The molecular formula is C12H9BrF2O2S. The highest BCUT2D eigenvalue weighted by Gasteiger charge is 2.18. The molecule has 1 aromatic carbocycles. The molecule has 0 amide bonds. The van der Waals surface area contributed by atoms with Crippen molar-refractivity contribution in [1.29, 1.82) is 0 Å². The maximum atomic E-state index is 12.3. The van der Waals surface area contributed by atoms with Gasteiger partial charge in [-0.3, -0.25) is 0 Å². The van der Waals surface area contributed by atoms with Gasteiger partial charge in [0.05, 0.1) is 3.79 Å². The molecule has 2 aromatic rings. The minimum absolute atomic E-state index is 0.00970. The van der Waals surface area contributed by atoms with Crippen molar-refractivity contribution >= 4 is 27.3 Å². The van der Waals surface area contributed by atoms with Crippen LogP contribution >= 0.6 is 27.3 Å². The first-order valence-electron chi connectivity index (χ1n) is 5.05. The predicted octanol–water partition coefficient (Wildman–Crippen LogP) is 4.19. The second kappa shape index (κ2) is 5.77. The van der Waals surface area contributed by atoms with Gasteiger partial charge >= 0.3 is 6.61 Å². The number of benzene rings is 1. The molecule has 0 radical (unpaired) electrons. The molecule has 2 rings (SSSR count). The van der Waals surface area contributed by atoms with E-state index in [1.54, 1.807) is 30.3 Å². The first kappa shape index (κ1) is 13.5. The molecule has 0 aliphatic rings. The summed E-state index contributed by atoms with van der Waals surface area (Å²) in [5, 5.41) is 10.2. The lowest BCUT2D eigenvalue weighted by molar-refractivity contribution is -0.0512. The van der Waals surface area contributed by atoms with Crippen molar-refractivity contribution in [3.63, 3.8) is 0 Å². The van der Waals surface area contributed by atoms with Crippen LogP contribution in [0.3, 0.4) is 0 Å². The molecule has 2 nitrogen and oxygen atoms in total. The second-order valence-corrected chi connectivity index (χ2v) is 5.96. The van der Waals surface area contributed by atoms with E-state index < -0.39 is 12.7 Å². The number of thiophene rings is 1. The molecule has 1 unspecified atom stereocenters. The molecule has 1 N–H and O–H groups in total. The lowest BCUT2D eigenvalue weighted by atomic mass is 10.1. The monoisotopic (exact) mass is 334 g/mol. The van der Waals surface area contributed by atoms with E-state index in [1.807, 2.05) is 0 Å². The summed E-state index contributed by atoms with van der Waals surface area (Å²) in [4.78, 5) is 0.659. The van der Waals surface area contributed by atoms with Crippen LogP contribution in [0.25, 0.3) is 0 Å². The molecule has 0 saturated heterocycles. The minimum Gasteiger partial charge on any atom is -0.434 e. The van der Waals surface area contributed by atoms with Crippen LogP contribution in [0.4, 0.5) is 8.78 Å². The first-order valence-corrected chi connectivity index (χ1v) is 6.66. The van der Waals surface area contributed by atoms with Crippen LogP contribution in [0, 0.1) is 0 Å². The zero-order chi connectivity index (χ0) is 13.1. The predicted molar refractivity (Wildman–Crippen MR) is 69.2 cm³/mol. The van der Waals surface area contributed by atoms with Crippen molar-refractivity contribution < 1.29 is 18.6 Å². The Labute approximate surface area is 115 Å². The normalized spacial score (nSPS) is 12.7. The van der Waals surface area contributed by atoms with E-state index in [0.29, 0.717) is 10.4 Å². The minimum atomic E-state index is -2.91. The van der Waals surface area contributed by atoms with Gasteiger partial charge in [0.25, 0.3) is 0 Å². The third kappa shape index (κ3) is 3.07. The number of hydrogen-bond acceptors (Lipinski definition) is 3. The Morgan fingerprint density at radius 2 is 1.89 bits per heavy atom. The quantitative estimate of drug-likeness (QED) is 0.908. The number of alkyl halides is 2. The molecule has 1 aromatic heterocycles. The summed E-state index contributed by atoms with van der Waals surface area (Å²) in [6, 6.07) is 9.75. The van der Waals surface area contributed by atoms with E-state index in [9.17, 15) is 13.9 Å². The summed E-state index contributed by atoms with van der Waals surface area (Å²) >= 11 is 4.63. The van der Waals surface area contributed by atoms with Crippen molar-refractivity contribution in [2.75, 3.05) is 0 Å². The SMILES string of the molecule is OC(c1ccc(Br)s1)c1ccccc1OC(F)F. The Morgan fingerprint density at radius 3 is 2.50 bits per heavy atom. The molecule has 1 heterocycles. The number of ether oxygens (including phenoxy) is 1. The number of hydrogen-bond donors (Lipinski definition) is 1. The van der Waals surface area contributed by atoms with Crippen LogP contribution < -0.4 is 4.74 Å². The Balaban J connectivity index is 2.32. The summed E-state index contributed by atoms with van der Waals surface area (Å²) < 4.78 is 29.8. The first-order chi connectivity index (χ1) is 8.58. The van der Waals surface area contributed by atoms with E-state index >= 15 is 0 Å². The van der Waals surface area contributed by atoms with Crippen molar-refractivity contribution in [2.24, 2.45) is 0 Å². The van der Waals surface area contributed by atoms with Gasteiger partial charge in [0, 0.05) is 10.4 Å². The van der Waals surface area contributed by atoms with E-state index in [-0.39, 0.29) is 5.75 Å². The van der Waals surface area contributed by atoms with Gasteiger partial charge in [-0.2, -0.15) is 8.78 Å². The Hall–Kier alpha value is -0.980. The lowest BCUT2D eigenvalue weighted by Gasteiger charge is -2.14. The highest BCUT2D eigenvalue weighted by Crippen LogP contribution is 2.35. The molecule has 0 aliphatic heterocycles. The third-order valence-corrected chi connectivity index (χ3v) is 3.97. The van der Waals surface area contributed by atoms with Crippen molar-refractivity contribution in [1.82, 2.24) is 0 Å². The maximum absolute atomic E-state index is 12.3. The van der Waals surface area contributed by atoms with Gasteiger partial charge in [0.1, 0.15) is 11.9 Å². The highest BCUT2D eigenvalue weighted by atomic mass is 79.9. The van der Waals surface area contributed by atoms with Crippen molar-refractivity contribution in [2.45, 2.75) is 12.7 Å². The number of aliphatic hydroxyl groups excluding tert-OH is 1. The molecule has 6 heteroatoms. The summed E-state index contributed by atoms with van der Waals surface area (Å²) in [5.74, 6) is -0.00970. The van der Waals surface area contributed by atoms with Gasteiger partial charge in [0.15, 0.2) is 0 Å². The van der Waals surface area contributed by atoms with E-state index in [4.69, 9.17) is 0 Å². The standard InChI is InChI=1S/C12H9BrF2O2S/c13-10-6-5-9(18-10)11(16)7-3-1-2-4-8(7)17-12(14)15/h1-6,11-12,16H. The van der Waals surface area contributed by atoms with Crippen LogP contribution in [-0.2, 0) is 0 Å². The molecule has 0 bridgehead atoms. The Bertz CT molecular complexity index is 530. The van der Waals surface area contributed by atoms with Crippen LogP contribution in [-0.4, -0.2) is 11.7 Å². The fourth-order valence-electron chi connectivity index (χ4n) is 1.54. The van der Waals surface area contributed by atoms with Crippen molar-refractivity contribution in [3.8, 4) is 5.75 Å². The zero-order valence-electron chi connectivity index (χ0n) is 9.02. The Kier molecular flexibility index (Phi) is 4.31. The van der Waals surface area contributed by atoms with Crippen molar-refractivity contribution in [3.05, 3.63) is 50.6 Å². The molecule has 18 heavy (non-hydrogen) atoms. The lowest BCUT2D eigenvalue weighted by Crippen LogP contribution is -2.07. The van der Waals surface area contributed by atoms with Crippen LogP contribution in [0.15, 0.2) is 40.2 Å². The zero-order valence-corrected chi connectivity index (χ0v) is 11.4. The van der Waals surface area contributed by atoms with E-state index in [2.05, 4.69) is 20.7 Å². The molecule has 0 fully saturated rings. The molecule has 96 valence electrons. The second-order valence-electron chi connectivity index (χ2n) is 3.46. The molecule has 1 atom stereocenters. The van der Waals surface area contributed by atoms with Gasteiger partial charge in [-0.05, 0) is 34.1 Å². The molecular weight excluding hydrogens is 326 g/mol. The molecule has 0 spiro atoms. The number of aliphatic hydroxyl groups is 1. The van der Waals surface area contributed by atoms with Gasteiger partial charge in [-0.15, -0.1) is 11.3 Å². The maximum Gasteiger partial charge on any atom is 0.387 e. The van der Waals surface area contributed by atoms with Gasteiger partial charge in [-0.1, -0.05) is 18.2 Å². The summed E-state index contributed by atoms with van der Waals surface area (Å²) in [6.07, 6.45) is -0.976. The number of para-hydroxylation sites is 1. The third-order valence-electron chi connectivity index (χ3n) is 2.29. The van der Waals surface area contributed by atoms with Gasteiger partial charge in [-0.25, -0.2) is 0 Å². The van der Waals surface area contributed by atoms with Gasteiger partial charge in [0.2, 0.25) is 0 Å². The summed E-state index contributed by atoms with van der Waals surface area (Å²) in [7, 11) is 0. The smallest absolute Gasteiger partial charge is 0.387 e. The summed E-state index contributed by atoms with van der Waals surface area (Å²) in [5.41, 5.74) is 0.326. The van der Waals surface area contributed by atoms with Crippen LogP contribution in [0.1, 0.15) is 16.5 Å². The summed E-state index contributed by atoms with van der Waals surface area (Å²) in [6.45, 7) is -2.91. The number of halogens is 3. The molecule has 0 aliphatic carbocycles. The van der Waals surface area contributed by atoms with Crippen LogP contribution in [0.5, 0.6) is 5.75 Å². The average molecular weight is 335 g/mol. The fourth-order valence-corrected chi connectivity index (χ4v) is 2.97. The Morgan fingerprint density at radius 1 is 1.17 bits per heavy atom. The average Bonchev–Trinajstić information content (AvgIpc) is 2.75. The van der Waals surface area contributed by atoms with E-state index in [0.717, 1.165) is 3.79 Å². The number of rotatable bonds is 4. The topological polar surface area (TPSA) is 29.5 Å². The highest BCUT2D eigenvalue weighted by molar-refractivity contribution is 9.11. The van der Waals surface area contributed by atoms with Crippen LogP contribution in [0.2, 0.25) is 0 Å².